The second-order valence-electron chi connectivity index (χ2n) is 9.15. The number of carbonyl (C=O) groups excluding carboxylic acids is 1. The highest BCUT2D eigenvalue weighted by Gasteiger charge is 2.49. The van der Waals surface area contributed by atoms with Crippen LogP contribution in [-0.2, 0) is 21.0 Å². The summed E-state index contributed by atoms with van der Waals surface area (Å²) < 4.78 is 66.0. The molecule has 1 saturated carbocycles. The Bertz CT molecular complexity index is 919. The summed E-state index contributed by atoms with van der Waals surface area (Å²) in [6.07, 6.45) is -1.53. The van der Waals surface area contributed by atoms with Gasteiger partial charge < -0.3 is 10.6 Å². The van der Waals surface area contributed by atoms with E-state index in [1.807, 2.05) is 25.7 Å². The monoisotopic (exact) mass is 475 g/mol. The minimum absolute atomic E-state index is 0.0144. The molecule has 2 N–H and O–H groups in total. The van der Waals surface area contributed by atoms with E-state index in [1.165, 1.54) is 4.31 Å². The largest absolute Gasteiger partial charge is 0.416 e. The molecule has 1 aliphatic heterocycles. The number of alkyl halides is 3. The molecule has 4 atom stereocenters. The lowest BCUT2D eigenvalue weighted by Crippen LogP contribution is -2.53. The number of nitrogens with two attached hydrogens (primary N) is 1. The van der Waals surface area contributed by atoms with E-state index in [0.717, 1.165) is 43.5 Å². The lowest BCUT2D eigenvalue weighted by Gasteiger charge is -2.38. The third kappa shape index (κ3) is 4.82. The Balaban J connectivity index is 1.79. The number of nitrogens with zero attached hydrogens (tertiary/aromatic N) is 2. The van der Waals surface area contributed by atoms with Crippen molar-refractivity contribution in [2.75, 3.05) is 13.1 Å². The SMILES string of the molecule is CCC[C@H](N)C(=O)N(C(C)C)[C@H]1CC[C@@H]2CN(S(=O)(=O)c3ccc(C(F)(F)F)cc3)C[C@@H]21. The molecule has 2 aliphatic rings. The van der Waals surface area contributed by atoms with Crippen LogP contribution in [0.25, 0.3) is 0 Å². The van der Waals surface area contributed by atoms with E-state index in [2.05, 4.69) is 0 Å². The van der Waals surface area contributed by atoms with Crippen molar-refractivity contribution in [2.24, 2.45) is 17.6 Å². The molecule has 32 heavy (non-hydrogen) atoms. The highest BCUT2D eigenvalue weighted by Crippen LogP contribution is 2.43. The van der Waals surface area contributed by atoms with E-state index >= 15 is 0 Å². The van der Waals surface area contributed by atoms with Gasteiger partial charge in [0.05, 0.1) is 16.5 Å². The standard InChI is InChI=1S/C22H32F3N3O3S/c1-4-5-19(26)21(29)28(14(2)3)20-11-6-15-12-27(13-18(15)20)32(30,31)17-9-7-16(8-10-17)22(23,24)25/h7-10,14-15,18-20H,4-6,11-13,26H2,1-3H3/t15-,18+,19+,20+/m1/s1. The van der Waals surface area contributed by atoms with Crippen LogP contribution >= 0.6 is 0 Å². The van der Waals surface area contributed by atoms with Gasteiger partial charge in [0.1, 0.15) is 0 Å². The Morgan fingerprint density at radius 2 is 1.81 bits per heavy atom. The zero-order valence-electron chi connectivity index (χ0n) is 18.7. The van der Waals surface area contributed by atoms with Gasteiger partial charge in [0, 0.05) is 25.2 Å². The topological polar surface area (TPSA) is 83.7 Å². The Labute approximate surface area is 188 Å². The zero-order chi connectivity index (χ0) is 23.8. The number of sulfonamides is 1. The molecular weight excluding hydrogens is 443 g/mol. The van der Waals surface area contributed by atoms with Crippen LogP contribution in [0.5, 0.6) is 0 Å². The van der Waals surface area contributed by atoms with Crippen LogP contribution in [0.15, 0.2) is 29.2 Å². The fourth-order valence-corrected chi connectivity index (χ4v) is 6.66. The van der Waals surface area contributed by atoms with Crippen molar-refractivity contribution < 1.29 is 26.4 Å². The summed E-state index contributed by atoms with van der Waals surface area (Å²) >= 11 is 0. The van der Waals surface area contributed by atoms with Gasteiger partial charge in [0.25, 0.3) is 0 Å². The predicted octanol–water partition coefficient (Wildman–Crippen LogP) is 3.47. The Morgan fingerprint density at radius 3 is 2.34 bits per heavy atom. The average Bonchev–Trinajstić information content (AvgIpc) is 3.30. The van der Waals surface area contributed by atoms with Crippen molar-refractivity contribution in [1.29, 1.82) is 0 Å². The molecule has 0 aromatic heterocycles. The number of hydrogen-bond acceptors (Lipinski definition) is 4. The molecule has 1 saturated heterocycles. The van der Waals surface area contributed by atoms with Gasteiger partial charge in [-0.05, 0) is 69.2 Å². The molecule has 10 heteroatoms. The molecule has 0 unspecified atom stereocenters. The molecule has 1 aromatic carbocycles. The van der Waals surface area contributed by atoms with Gasteiger partial charge >= 0.3 is 6.18 Å². The predicted molar refractivity (Wildman–Crippen MR) is 115 cm³/mol. The first-order valence-corrected chi connectivity index (χ1v) is 12.6. The maximum absolute atomic E-state index is 13.1. The number of hydrogen-bond donors (Lipinski definition) is 1. The van der Waals surface area contributed by atoms with E-state index in [-0.39, 0.29) is 41.3 Å². The fraction of sp³-hybridized carbons (Fsp3) is 0.682. The van der Waals surface area contributed by atoms with Crippen molar-refractivity contribution in [3.63, 3.8) is 0 Å². The summed E-state index contributed by atoms with van der Waals surface area (Å²) in [5.41, 5.74) is 5.22. The molecular formula is C22H32F3N3O3S. The van der Waals surface area contributed by atoms with Gasteiger partial charge in [-0.25, -0.2) is 8.42 Å². The molecule has 3 rings (SSSR count). The average molecular weight is 476 g/mol. The van der Waals surface area contributed by atoms with Crippen LogP contribution in [0.2, 0.25) is 0 Å². The molecule has 1 aliphatic carbocycles. The van der Waals surface area contributed by atoms with Gasteiger partial charge in [-0.15, -0.1) is 0 Å². The number of benzene rings is 1. The summed E-state index contributed by atoms with van der Waals surface area (Å²) in [5.74, 6) is -0.00313. The maximum atomic E-state index is 13.1. The number of amides is 1. The van der Waals surface area contributed by atoms with Crippen LogP contribution in [0.3, 0.4) is 0 Å². The fourth-order valence-electron chi connectivity index (χ4n) is 5.13. The minimum atomic E-state index is -4.52. The smallest absolute Gasteiger partial charge is 0.336 e. The van der Waals surface area contributed by atoms with Crippen molar-refractivity contribution in [2.45, 2.75) is 75.7 Å². The molecule has 0 bridgehead atoms. The van der Waals surface area contributed by atoms with Crippen LogP contribution in [0, 0.1) is 11.8 Å². The number of halogens is 3. The molecule has 0 radical (unpaired) electrons. The van der Waals surface area contributed by atoms with Crippen molar-refractivity contribution in [1.82, 2.24) is 9.21 Å². The van der Waals surface area contributed by atoms with Crippen molar-refractivity contribution in [3.8, 4) is 0 Å². The summed E-state index contributed by atoms with van der Waals surface area (Å²) in [6, 6.07) is 2.88. The maximum Gasteiger partial charge on any atom is 0.416 e. The first kappa shape index (κ1) is 25.0. The molecule has 1 amide bonds. The first-order valence-electron chi connectivity index (χ1n) is 11.1. The van der Waals surface area contributed by atoms with Crippen molar-refractivity contribution >= 4 is 15.9 Å². The zero-order valence-corrected chi connectivity index (χ0v) is 19.5. The first-order chi connectivity index (χ1) is 14.9. The van der Waals surface area contributed by atoms with E-state index in [9.17, 15) is 26.4 Å². The van der Waals surface area contributed by atoms with E-state index < -0.39 is 27.8 Å². The lowest BCUT2D eigenvalue weighted by molar-refractivity contribution is -0.138. The molecule has 1 aromatic rings. The van der Waals surface area contributed by atoms with Gasteiger partial charge in [0.15, 0.2) is 0 Å². The summed E-state index contributed by atoms with van der Waals surface area (Å²) in [4.78, 5) is 14.7. The lowest BCUT2D eigenvalue weighted by atomic mass is 9.95. The van der Waals surface area contributed by atoms with Crippen LogP contribution in [-0.4, -0.2) is 54.7 Å². The highest BCUT2D eigenvalue weighted by molar-refractivity contribution is 7.89. The summed E-state index contributed by atoms with van der Waals surface area (Å²) in [6.45, 7) is 6.41. The third-order valence-electron chi connectivity index (χ3n) is 6.69. The molecule has 6 nitrogen and oxygen atoms in total. The summed E-state index contributed by atoms with van der Waals surface area (Å²) in [7, 11) is -3.92. The van der Waals surface area contributed by atoms with Crippen molar-refractivity contribution in [3.05, 3.63) is 29.8 Å². The number of fused-ring (bicyclic) bond motifs is 1. The molecule has 0 spiro atoms. The quantitative estimate of drug-likeness (QED) is 0.655. The Morgan fingerprint density at radius 1 is 1.19 bits per heavy atom. The van der Waals surface area contributed by atoms with Gasteiger partial charge in [-0.1, -0.05) is 13.3 Å². The van der Waals surface area contributed by atoms with Crippen LogP contribution in [0.4, 0.5) is 13.2 Å². The number of carbonyl (C=O) groups is 1. The molecule has 2 fully saturated rings. The van der Waals surface area contributed by atoms with Gasteiger partial charge in [-0.3, -0.25) is 4.79 Å². The normalized spacial score (nSPS) is 25.2. The molecule has 1 heterocycles. The summed E-state index contributed by atoms with van der Waals surface area (Å²) in [5, 5.41) is 0. The third-order valence-corrected chi connectivity index (χ3v) is 8.54. The van der Waals surface area contributed by atoms with E-state index in [1.54, 1.807) is 0 Å². The Hall–Kier alpha value is -1.65. The van der Waals surface area contributed by atoms with Crippen LogP contribution in [0.1, 0.15) is 52.0 Å². The highest BCUT2D eigenvalue weighted by atomic mass is 32.2. The van der Waals surface area contributed by atoms with E-state index in [0.29, 0.717) is 13.0 Å². The van der Waals surface area contributed by atoms with Gasteiger partial charge in [0.2, 0.25) is 15.9 Å². The van der Waals surface area contributed by atoms with E-state index in [4.69, 9.17) is 5.73 Å². The molecule has 180 valence electrons. The number of rotatable bonds is 7. The Kier molecular flexibility index (Phi) is 7.26. The minimum Gasteiger partial charge on any atom is -0.336 e. The second-order valence-corrected chi connectivity index (χ2v) is 11.1. The van der Waals surface area contributed by atoms with Gasteiger partial charge in [-0.2, -0.15) is 17.5 Å². The van der Waals surface area contributed by atoms with Crippen LogP contribution < -0.4 is 5.73 Å². The second kappa shape index (κ2) is 9.30.